The molecule has 0 spiro atoms. The number of carbonyl (C=O) groups is 1. The van der Waals surface area contributed by atoms with Crippen molar-refractivity contribution in [1.29, 1.82) is 0 Å². The molecule has 1 unspecified atom stereocenters. The van der Waals surface area contributed by atoms with Crippen LogP contribution in [-0.4, -0.2) is 23.3 Å². The van der Waals surface area contributed by atoms with Gasteiger partial charge >= 0.3 is 6.09 Å². The van der Waals surface area contributed by atoms with E-state index in [-0.39, 0.29) is 5.56 Å². The van der Waals surface area contributed by atoms with E-state index in [1.165, 1.54) is 11.8 Å². The van der Waals surface area contributed by atoms with Gasteiger partial charge in [0.15, 0.2) is 0 Å². The lowest BCUT2D eigenvalue weighted by Crippen LogP contribution is -2.36. The Labute approximate surface area is 179 Å². The Kier molecular flexibility index (Phi) is 6.65. The average molecular weight is 434 g/mol. The first-order valence-electron chi connectivity index (χ1n) is 9.70. The maximum Gasteiger partial charge on any atom is 0.407 e. The summed E-state index contributed by atoms with van der Waals surface area (Å²) in [6, 6.07) is 13.0. The normalized spacial score (nSPS) is 18.5. The first kappa shape index (κ1) is 22.1. The van der Waals surface area contributed by atoms with Gasteiger partial charge in [-0.25, -0.2) is 13.6 Å². The number of hydrogen-bond acceptors (Lipinski definition) is 5. The molecule has 1 aliphatic heterocycles. The van der Waals surface area contributed by atoms with Gasteiger partial charge in [0.2, 0.25) is 0 Å². The second kappa shape index (κ2) is 9.04. The van der Waals surface area contributed by atoms with Gasteiger partial charge in [-0.05, 0) is 57.4 Å². The van der Waals surface area contributed by atoms with Gasteiger partial charge in [0.25, 0.3) is 0 Å². The highest BCUT2D eigenvalue weighted by molar-refractivity contribution is 8.15. The number of rotatable bonds is 6. The summed E-state index contributed by atoms with van der Waals surface area (Å²) in [4.78, 5) is 11.2. The Balaban J connectivity index is 1.70. The summed E-state index contributed by atoms with van der Waals surface area (Å²) in [5.74, 6) is -1.05. The van der Waals surface area contributed by atoms with E-state index in [1.54, 1.807) is 20.8 Å². The molecule has 0 bridgehead atoms. The van der Waals surface area contributed by atoms with Crippen LogP contribution in [-0.2, 0) is 9.61 Å². The number of hydrazone groups is 1. The van der Waals surface area contributed by atoms with Gasteiger partial charge in [-0.3, -0.25) is 5.43 Å². The van der Waals surface area contributed by atoms with Crippen molar-refractivity contribution in [3.63, 3.8) is 0 Å². The van der Waals surface area contributed by atoms with Crippen LogP contribution in [0.25, 0.3) is 0 Å². The minimum absolute atomic E-state index is 0.122. The lowest BCUT2D eigenvalue weighted by atomic mass is 10.0. The first-order valence-corrected chi connectivity index (χ1v) is 10.5. The van der Waals surface area contributed by atoms with Crippen LogP contribution >= 0.6 is 11.8 Å². The SMILES string of the molecule is CC(C)(C)OC(=O)NCCCC1(c2ccccc2)NN=C(c2cc(F)ccc2F)S1. The minimum atomic E-state index is -0.648. The molecule has 1 amide bonds. The van der Waals surface area contributed by atoms with E-state index in [0.717, 1.165) is 23.8 Å². The predicted molar refractivity (Wildman–Crippen MR) is 115 cm³/mol. The minimum Gasteiger partial charge on any atom is -0.444 e. The number of hydrogen-bond donors (Lipinski definition) is 2. The Morgan fingerprint density at radius 2 is 1.93 bits per heavy atom. The molecule has 1 atom stereocenters. The smallest absolute Gasteiger partial charge is 0.407 e. The average Bonchev–Trinajstić information content (AvgIpc) is 3.12. The molecule has 5 nitrogen and oxygen atoms in total. The molecule has 160 valence electrons. The maximum atomic E-state index is 14.3. The van der Waals surface area contributed by atoms with Crippen molar-refractivity contribution in [3.05, 3.63) is 71.3 Å². The zero-order valence-electron chi connectivity index (χ0n) is 17.2. The second-order valence-corrected chi connectivity index (χ2v) is 9.27. The van der Waals surface area contributed by atoms with Crippen LogP contribution < -0.4 is 10.7 Å². The van der Waals surface area contributed by atoms with Crippen LogP contribution in [0.2, 0.25) is 0 Å². The molecule has 2 aromatic rings. The number of halogens is 2. The highest BCUT2D eigenvalue weighted by atomic mass is 32.2. The molecule has 30 heavy (non-hydrogen) atoms. The zero-order valence-corrected chi connectivity index (χ0v) is 18.0. The highest BCUT2D eigenvalue weighted by Gasteiger charge is 2.39. The molecule has 0 fully saturated rings. The van der Waals surface area contributed by atoms with Crippen LogP contribution in [0.4, 0.5) is 13.6 Å². The molecule has 2 N–H and O–H groups in total. The number of amides is 1. The molecular weight excluding hydrogens is 408 g/mol. The number of benzene rings is 2. The number of ether oxygens (including phenoxy) is 1. The molecule has 1 heterocycles. The van der Waals surface area contributed by atoms with Crippen molar-refractivity contribution in [2.24, 2.45) is 5.10 Å². The Hall–Kier alpha value is -2.61. The summed E-state index contributed by atoms with van der Waals surface area (Å²) in [7, 11) is 0. The quantitative estimate of drug-likeness (QED) is 0.621. The number of nitrogens with one attached hydrogen (secondary N) is 2. The van der Waals surface area contributed by atoms with Crippen molar-refractivity contribution < 1.29 is 18.3 Å². The van der Waals surface area contributed by atoms with Crippen molar-refractivity contribution in [1.82, 2.24) is 10.7 Å². The molecular formula is C22H25F2N3O2S. The van der Waals surface area contributed by atoms with Gasteiger partial charge in [0.05, 0.1) is 0 Å². The van der Waals surface area contributed by atoms with E-state index in [2.05, 4.69) is 15.8 Å². The maximum absolute atomic E-state index is 14.3. The van der Waals surface area contributed by atoms with Gasteiger partial charge in [-0.2, -0.15) is 5.10 Å². The number of nitrogens with zero attached hydrogens (tertiary/aromatic N) is 1. The van der Waals surface area contributed by atoms with Gasteiger partial charge in [0, 0.05) is 12.1 Å². The molecule has 0 saturated heterocycles. The standard InChI is InChI=1S/C22H25F2N3O2S/c1-21(2,3)29-20(28)25-13-7-12-22(15-8-5-4-6-9-15)27-26-19(30-22)17-14-16(23)10-11-18(17)24/h4-6,8-11,14,27H,7,12-13H2,1-3H3,(H,25,28). The number of thioether (sulfide) groups is 1. The summed E-state index contributed by atoms with van der Waals surface area (Å²) in [5.41, 5.74) is 3.65. The lowest BCUT2D eigenvalue weighted by Gasteiger charge is -2.29. The topological polar surface area (TPSA) is 62.7 Å². The lowest BCUT2D eigenvalue weighted by molar-refractivity contribution is 0.0526. The fourth-order valence-corrected chi connectivity index (χ4v) is 4.33. The van der Waals surface area contributed by atoms with Crippen LogP contribution in [0.3, 0.4) is 0 Å². The summed E-state index contributed by atoms with van der Waals surface area (Å²) in [6.07, 6.45) is 0.756. The molecule has 0 radical (unpaired) electrons. The van der Waals surface area contributed by atoms with E-state index < -0.39 is 28.2 Å². The van der Waals surface area contributed by atoms with E-state index in [9.17, 15) is 13.6 Å². The zero-order chi connectivity index (χ0) is 21.8. The fraction of sp³-hybridized carbons (Fsp3) is 0.364. The first-order chi connectivity index (χ1) is 14.2. The van der Waals surface area contributed by atoms with Crippen LogP contribution in [0, 0.1) is 11.6 Å². The van der Waals surface area contributed by atoms with Gasteiger partial charge in [0.1, 0.15) is 27.2 Å². The van der Waals surface area contributed by atoms with Crippen LogP contribution in [0.5, 0.6) is 0 Å². The van der Waals surface area contributed by atoms with Crippen molar-refractivity contribution in [2.75, 3.05) is 6.54 Å². The molecule has 0 aromatic heterocycles. The van der Waals surface area contributed by atoms with E-state index in [4.69, 9.17) is 4.74 Å². The van der Waals surface area contributed by atoms with Crippen molar-refractivity contribution in [2.45, 2.75) is 44.1 Å². The fourth-order valence-electron chi connectivity index (χ4n) is 3.05. The highest BCUT2D eigenvalue weighted by Crippen LogP contribution is 2.44. The third kappa shape index (κ3) is 5.50. The summed E-state index contributed by atoms with van der Waals surface area (Å²) in [6.45, 7) is 5.83. The third-order valence-corrected chi connectivity index (χ3v) is 5.77. The molecule has 2 aromatic carbocycles. The van der Waals surface area contributed by atoms with Crippen LogP contribution in [0.15, 0.2) is 53.6 Å². The second-order valence-electron chi connectivity index (χ2n) is 7.98. The third-order valence-electron chi connectivity index (χ3n) is 4.38. The Morgan fingerprint density at radius 1 is 1.20 bits per heavy atom. The van der Waals surface area contributed by atoms with E-state index in [1.807, 2.05) is 30.3 Å². The molecule has 1 aliphatic rings. The molecule has 3 rings (SSSR count). The molecule has 0 saturated carbocycles. The van der Waals surface area contributed by atoms with Crippen molar-refractivity contribution >= 4 is 22.9 Å². The number of carbonyl (C=O) groups excluding carboxylic acids is 1. The van der Waals surface area contributed by atoms with E-state index >= 15 is 0 Å². The summed E-state index contributed by atoms with van der Waals surface area (Å²) < 4.78 is 33.2. The number of alkyl carbamates (subject to hydrolysis) is 1. The molecule has 8 heteroatoms. The summed E-state index contributed by atoms with van der Waals surface area (Å²) in [5, 5.41) is 7.44. The largest absolute Gasteiger partial charge is 0.444 e. The predicted octanol–water partition coefficient (Wildman–Crippen LogP) is 5.12. The van der Waals surface area contributed by atoms with Crippen molar-refractivity contribution in [3.8, 4) is 0 Å². The Bertz CT molecular complexity index is 932. The molecule has 0 aliphatic carbocycles. The van der Waals surface area contributed by atoms with Gasteiger partial charge < -0.3 is 10.1 Å². The van der Waals surface area contributed by atoms with Gasteiger partial charge in [-0.15, -0.1) is 0 Å². The van der Waals surface area contributed by atoms with E-state index in [0.29, 0.717) is 24.4 Å². The van der Waals surface area contributed by atoms with Crippen LogP contribution in [0.1, 0.15) is 44.7 Å². The monoisotopic (exact) mass is 433 g/mol. The van der Waals surface area contributed by atoms with Gasteiger partial charge in [-0.1, -0.05) is 42.1 Å². The Morgan fingerprint density at radius 3 is 2.63 bits per heavy atom. The summed E-state index contributed by atoms with van der Waals surface area (Å²) >= 11 is 1.34.